The number of anilines is 1. The van der Waals surface area contributed by atoms with Crippen LogP contribution in [0, 0.1) is 5.41 Å². The van der Waals surface area contributed by atoms with Gasteiger partial charge in [-0.3, -0.25) is 14.4 Å². The number of hydrogen-bond acceptors (Lipinski definition) is 5. The van der Waals surface area contributed by atoms with Gasteiger partial charge in [-0.25, -0.2) is 4.90 Å². The van der Waals surface area contributed by atoms with Crippen LogP contribution in [-0.4, -0.2) is 35.7 Å². The van der Waals surface area contributed by atoms with Crippen molar-refractivity contribution >= 4 is 23.4 Å². The average Bonchev–Trinajstić information content (AvgIpc) is 2.72. The second-order valence-electron chi connectivity index (χ2n) is 5.86. The molecule has 2 aliphatic rings. The Hall–Kier alpha value is -2.21. The second-order valence-corrected chi connectivity index (χ2v) is 5.86. The Labute approximate surface area is 122 Å². The van der Waals surface area contributed by atoms with Crippen LogP contribution in [0.2, 0.25) is 0 Å². The third kappa shape index (κ3) is 1.94. The fourth-order valence-corrected chi connectivity index (χ4v) is 3.00. The first-order valence-electron chi connectivity index (χ1n) is 6.98. The number of nitrogens with two attached hydrogens (primary N) is 1. The van der Waals surface area contributed by atoms with Gasteiger partial charge in [-0.15, -0.1) is 0 Å². The third-order valence-corrected chi connectivity index (χ3v) is 4.26. The quantitative estimate of drug-likeness (QED) is 0.588. The van der Waals surface area contributed by atoms with E-state index < -0.39 is 23.1 Å². The molecular weight excluding hydrogens is 270 g/mol. The van der Waals surface area contributed by atoms with E-state index >= 15 is 0 Å². The van der Waals surface area contributed by atoms with Gasteiger partial charge < -0.3 is 11.1 Å². The smallest absolute Gasteiger partial charge is 0.270 e. The molecule has 2 heterocycles. The summed E-state index contributed by atoms with van der Waals surface area (Å²) in [6, 6.07) is 4.69. The number of piperidine rings is 1. The number of carbonyl (C=O) groups excluding carboxylic acids is 3. The Balaban J connectivity index is 1.98. The van der Waals surface area contributed by atoms with Crippen LogP contribution in [0.25, 0.3) is 0 Å². The van der Waals surface area contributed by atoms with Crippen LogP contribution in [0.5, 0.6) is 0 Å². The van der Waals surface area contributed by atoms with Crippen LogP contribution in [0.4, 0.5) is 5.69 Å². The Morgan fingerprint density at radius 3 is 2.71 bits per heavy atom. The number of nitrogen functional groups attached to an aromatic ring is 1. The third-order valence-electron chi connectivity index (χ3n) is 4.26. The molecule has 0 bridgehead atoms. The largest absolute Gasteiger partial charge is 0.398 e. The summed E-state index contributed by atoms with van der Waals surface area (Å²) < 4.78 is 0. The Morgan fingerprint density at radius 2 is 2.10 bits per heavy atom. The van der Waals surface area contributed by atoms with Crippen molar-refractivity contribution in [1.29, 1.82) is 0 Å². The van der Waals surface area contributed by atoms with E-state index in [2.05, 4.69) is 5.32 Å². The summed E-state index contributed by atoms with van der Waals surface area (Å²) in [5.74, 6) is -1.62. The van der Waals surface area contributed by atoms with E-state index in [9.17, 15) is 14.4 Å². The van der Waals surface area contributed by atoms with Crippen LogP contribution in [0.15, 0.2) is 18.2 Å². The van der Waals surface area contributed by atoms with E-state index in [1.807, 2.05) is 0 Å². The number of fused-ring (bicyclic) bond motifs is 1. The van der Waals surface area contributed by atoms with Crippen LogP contribution in [0.1, 0.15) is 40.5 Å². The zero-order chi connectivity index (χ0) is 15.2. The maximum absolute atomic E-state index is 12.7. The lowest BCUT2D eigenvalue weighted by Gasteiger charge is -2.34. The fraction of sp³-hybridized carbons (Fsp3) is 0.400. The molecule has 1 aromatic rings. The van der Waals surface area contributed by atoms with E-state index in [4.69, 9.17) is 5.73 Å². The zero-order valence-electron chi connectivity index (χ0n) is 11.8. The van der Waals surface area contributed by atoms with Gasteiger partial charge in [-0.05, 0) is 38.4 Å². The van der Waals surface area contributed by atoms with Gasteiger partial charge in [-0.2, -0.15) is 0 Å². The molecule has 6 nitrogen and oxygen atoms in total. The van der Waals surface area contributed by atoms with E-state index in [1.165, 1.54) is 6.07 Å². The van der Waals surface area contributed by atoms with Crippen molar-refractivity contribution in [2.24, 2.45) is 5.41 Å². The number of rotatable bonds is 1. The highest BCUT2D eigenvalue weighted by atomic mass is 16.2. The first-order valence-corrected chi connectivity index (χ1v) is 6.98. The second kappa shape index (κ2) is 4.66. The summed E-state index contributed by atoms with van der Waals surface area (Å²) in [5.41, 5.74) is 5.62. The lowest BCUT2D eigenvalue weighted by atomic mass is 9.81. The highest BCUT2D eigenvalue weighted by molar-refractivity contribution is 6.31. The Morgan fingerprint density at radius 1 is 1.33 bits per heavy atom. The molecule has 3 rings (SSSR count). The molecule has 1 fully saturated rings. The van der Waals surface area contributed by atoms with Gasteiger partial charge in [0, 0.05) is 12.2 Å². The van der Waals surface area contributed by atoms with Crippen molar-refractivity contribution in [2.75, 3.05) is 18.8 Å². The van der Waals surface area contributed by atoms with E-state index in [0.29, 0.717) is 13.0 Å². The Bertz CT molecular complexity index is 648. The van der Waals surface area contributed by atoms with Crippen molar-refractivity contribution in [3.05, 3.63) is 29.3 Å². The number of carbonyl (C=O) groups is 3. The molecule has 1 unspecified atom stereocenters. The summed E-state index contributed by atoms with van der Waals surface area (Å²) in [6.45, 7) is 3.10. The summed E-state index contributed by atoms with van der Waals surface area (Å²) in [6.07, 6.45) is 1.50. The highest BCUT2D eigenvalue weighted by Crippen LogP contribution is 2.34. The number of benzene rings is 1. The van der Waals surface area contributed by atoms with Crippen molar-refractivity contribution in [3.63, 3.8) is 0 Å². The van der Waals surface area contributed by atoms with E-state index in [1.54, 1.807) is 19.1 Å². The van der Waals surface area contributed by atoms with Gasteiger partial charge in [0.2, 0.25) is 5.91 Å². The molecule has 3 amide bonds. The summed E-state index contributed by atoms with van der Waals surface area (Å²) >= 11 is 0. The first kappa shape index (κ1) is 13.8. The fourth-order valence-electron chi connectivity index (χ4n) is 3.00. The lowest BCUT2D eigenvalue weighted by molar-refractivity contribution is -0.136. The van der Waals surface area contributed by atoms with E-state index in [0.717, 1.165) is 17.9 Å². The molecule has 0 aliphatic carbocycles. The highest BCUT2D eigenvalue weighted by Gasteiger charge is 2.47. The minimum atomic E-state index is -0.736. The van der Waals surface area contributed by atoms with E-state index in [-0.39, 0.29) is 16.8 Å². The minimum absolute atomic E-state index is 0.142. The minimum Gasteiger partial charge on any atom is -0.398 e. The van der Waals surface area contributed by atoms with Crippen LogP contribution in [-0.2, 0) is 4.79 Å². The molecule has 110 valence electrons. The van der Waals surface area contributed by atoms with Gasteiger partial charge in [0.05, 0.1) is 16.5 Å². The van der Waals surface area contributed by atoms with Gasteiger partial charge in [0.25, 0.3) is 11.8 Å². The number of imide groups is 3. The molecule has 0 aromatic heterocycles. The topological polar surface area (TPSA) is 92.5 Å². The zero-order valence-corrected chi connectivity index (χ0v) is 11.8. The van der Waals surface area contributed by atoms with Gasteiger partial charge in [0.1, 0.15) is 0 Å². The van der Waals surface area contributed by atoms with Crippen LogP contribution >= 0.6 is 0 Å². The van der Waals surface area contributed by atoms with Gasteiger partial charge in [-0.1, -0.05) is 6.07 Å². The molecule has 21 heavy (non-hydrogen) atoms. The molecule has 0 saturated carbocycles. The summed E-state index contributed by atoms with van der Waals surface area (Å²) in [5, 5.41) is 3.15. The molecule has 6 heteroatoms. The number of hydrogen-bond donors (Lipinski definition) is 2. The van der Waals surface area contributed by atoms with Crippen LogP contribution in [0.3, 0.4) is 0 Å². The molecule has 1 atom stereocenters. The van der Waals surface area contributed by atoms with Crippen molar-refractivity contribution in [3.8, 4) is 0 Å². The van der Waals surface area contributed by atoms with Gasteiger partial charge in [0.15, 0.2) is 0 Å². The molecule has 0 radical (unpaired) electrons. The van der Waals surface area contributed by atoms with Crippen LogP contribution < -0.4 is 11.1 Å². The summed E-state index contributed by atoms with van der Waals surface area (Å²) in [7, 11) is 0. The Kier molecular flexibility index (Phi) is 3.06. The first-order chi connectivity index (χ1) is 9.96. The molecule has 1 saturated heterocycles. The SMILES string of the molecule is CC1(C(=O)N2C(=O)c3cccc(N)c3C2=O)CCCNC1. The number of amides is 3. The predicted octanol–water partition coefficient (Wildman–Crippen LogP) is 0.781. The van der Waals surface area contributed by atoms with Crippen molar-refractivity contribution < 1.29 is 14.4 Å². The van der Waals surface area contributed by atoms with Gasteiger partial charge >= 0.3 is 0 Å². The molecule has 2 aliphatic heterocycles. The number of nitrogens with zero attached hydrogens (tertiary/aromatic N) is 1. The van der Waals surface area contributed by atoms with Crippen molar-refractivity contribution in [1.82, 2.24) is 10.2 Å². The molecule has 1 aromatic carbocycles. The molecular formula is C15H17N3O3. The monoisotopic (exact) mass is 287 g/mol. The normalized spacial score (nSPS) is 25.1. The summed E-state index contributed by atoms with van der Waals surface area (Å²) in [4.78, 5) is 38.3. The standard InChI is InChI=1S/C15H17N3O3/c1-15(6-3-7-17-8-15)14(21)18-12(19)9-4-2-5-10(16)11(9)13(18)20/h2,4-5,17H,3,6-8,16H2,1H3. The number of nitrogens with one attached hydrogen (secondary N) is 1. The average molecular weight is 287 g/mol. The lowest BCUT2D eigenvalue weighted by Crippen LogP contribution is -2.52. The maximum atomic E-state index is 12.7. The predicted molar refractivity (Wildman–Crippen MR) is 76.6 cm³/mol. The van der Waals surface area contributed by atoms with Crippen molar-refractivity contribution in [2.45, 2.75) is 19.8 Å². The maximum Gasteiger partial charge on any atom is 0.270 e. The molecule has 0 spiro atoms. The molecule has 3 N–H and O–H groups in total.